The lowest BCUT2D eigenvalue weighted by Crippen LogP contribution is -2.26. The molecule has 3 aromatic rings. The zero-order valence-electron chi connectivity index (χ0n) is 16.9. The van der Waals surface area contributed by atoms with E-state index < -0.39 is 5.97 Å². The van der Waals surface area contributed by atoms with E-state index in [1.54, 1.807) is 24.4 Å². The van der Waals surface area contributed by atoms with Crippen LogP contribution in [0.5, 0.6) is 0 Å². The Labute approximate surface area is 177 Å². The van der Waals surface area contributed by atoms with Crippen LogP contribution >= 0.6 is 11.3 Å². The van der Waals surface area contributed by atoms with Crippen LogP contribution in [0.1, 0.15) is 48.7 Å². The zero-order chi connectivity index (χ0) is 21.3. The molecule has 8 heteroatoms. The maximum absolute atomic E-state index is 13.3. The summed E-state index contributed by atoms with van der Waals surface area (Å²) in [5.41, 5.74) is 1.25. The summed E-state index contributed by atoms with van der Waals surface area (Å²) in [5, 5.41) is 10.0. The molecule has 1 fully saturated rings. The number of nitrogens with zero attached hydrogens (tertiary/aromatic N) is 2. The van der Waals surface area contributed by atoms with Crippen molar-refractivity contribution in [2.45, 2.75) is 39.5 Å². The summed E-state index contributed by atoms with van der Waals surface area (Å²) < 4.78 is 6.36. The summed E-state index contributed by atoms with van der Waals surface area (Å²) in [6.45, 7) is 3.86. The van der Waals surface area contributed by atoms with Crippen molar-refractivity contribution < 1.29 is 14.3 Å². The molecule has 156 valence electrons. The standard InChI is InChI=1S/C22H23N3O4S/c1-3-29-22(28)18-16-12-30-20(23-19(26)14-6-4-5-7-14)17(16)21(27)25(24-18)15-10-8-13(2)9-11-15/h8-12,14H,3-7H2,1-2H3,(H,23,26). The van der Waals surface area contributed by atoms with Crippen molar-refractivity contribution in [2.24, 2.45) is 5.92 Å². The molecule has 2 heterocycles. The number of anilines is 1. The number of nitrogens with one attached hydrogen (secondary N) is 1. The highest BCUT2D eigenvalue weighted by Crippen LogP contribution is 2.33. The third-order valence-electron chi connectivity index (χ3n) is 5.36. The van der Waals surface area contributed by atoms with Crippen molar-refractivity contribution in [2.75, 3.05) is 11.9 Å². The van der Waals surface area contributed by atoms with Gasteiger partial charge in [-0.2, -0.15) is 9.78 Å². The fourth-order valence-corrected chi connectivity index (χ4v) is 4.69. The molecule has 4 rings (SSSR count). The first-order valence-electron chi connectivity index (χ1n) is 10.1. The van der Waals surface area contributed by atoms with Crippen LogP contribution < -0.4 is 10.9 Å². The fraction of sp³-hybridized carbons (Fsp3) is 0.364. The molecule has 0 saturated heterocycles. The third-order valence-corrected chi connectivity index (χ3v) is 6.26. The molecule has 0 aliphatic heterocycles. The van der Waals surface area contributed by atoms with Gasteiger partial charge in [0.05, 0.1) is 17.7 Å². The van der Waals surface area contributed by atoms with Crippen molar-refractivity contribution in [3.63, 3.8) is 0 Å². The van der Waals surface area contributed by atoms with Crippen LogP contribution in [0.3, 0.4) is 0 Å². The quantitative estimate of drug-likeness (QED) is 0.623. The maximum Gasteiger partial charge on any atom is 0.359 e. The van der Waals surface area contributed by atoms with E-state index in [0.717, 1.165) is 31.2 Å². The second-order valence-corrected chi connectivity index (χ2v) is 8.33. The minimum atomic E-state index is -0.602. The predicted octanol–water partition coefficient (Wildman–Crippen LogP) is 4.06. The fourth-order valence-electron chi connectivity index (χ4n) is 3.75. The molecule has 7 nitrogen and oxygen atoms in total. The van der Waals surface area contributed by atoms with E-state index in [1.165, 1.54) is 16.0 Å². The van der Waals surface area contributed by atoms with Crippen LogP contribution in [-0.2, 0) is 9.53 Å². The highest BCUT2D eigenvalue weighted by Gasteiger charge is 2.26. The van der Waals surface area contributed by atoms with E-state index in [-0.39, 0.29) is 35.1 Å². The molecule has 1 aliphatic carbocycles. The van der Waals surface area contributed by atoms with E-state index in [2.05, 4.69) is 10.4 Å². The highest BCUT2D eigenvalue weighted by atomic mass is 32.1. The average molecular weight is 426 g/mol. The molecular weight excluding hydrogens is 402 g/mol. The zero-order valence-corrected chi connectivity index (χ0v) is 17.8. The molecule has 1 N–H and O–H groups in total. The van der Waals surface area contributed by atoms with E-state index in [0.29, 0.717) is 16.1 Å². The number of carbonyl (C=O) groups is 2. The van der Waals surface area contributed by atoms with Crippen LogP contribution in [0.4, 0.5) is 5.00 Å². The van der Waals surface area contributed by atoms with Gasteiger partial charge in [-0.3, -0.25) is 9.59 Å². The molecule has 1 amide bonds. The van der Waals surface area contributed by atoms with Gasteiger partial charge in [-0.15, -0.1) is 11.3 Å². The Kier molecular flexibility index (Phi) is 5.67. The van der Waals surface area contributed by atoms with Crippen molar-refractivity contribution in [1.29, 1.82) is 0 Å². The summed E-state index contributed by atoms with van der Waals surface area (Å²) in [5.74, 6) is -0.713. The lowest BCUT2D eigenvalue weighted by Gasteiger charge is -2.11. The second kappa shape index (κ2) is 8.39. The van der Waals surface area contributed by atoms with Crippen LogP contribution in [0.2, 0.25) is 0 Å². The molecular formula is C22H23N3O4S. The number of hydrogen-bond acceptors (Lipinski definition) is 6. The van der Waals surface area contributed by atoms with Crippen LogP contribution in [0.25, 0.3) is 16.5 Å². The molecule has 0 unspecified atom stereocenters. The number of thiophene rings is 1. The molecule has 0 bridgehead atoms. The van der Waals surface area contributed by atoms with Gasteiger partial charge in [0.15, 0.2) is 5.69 Å². The summed E-state index contributed by atoms with van der Waals surface area (Å²) >= 11 is 1.23. The summed E-state index contributed by atoms with van der Waals surface area (Å²) in [6.07, 6.45) is 3.80. The highest BCUT2D eigenvalue weighted by molar-refractivity contribution is 7.16. The van der Waals surface area contributed by atoms with Crippen molar-refractivity contribution in [1.82, 2.24) is 9.78 Å². The number of ether oxygens (including phenoxy) is 1. The minimum absolute atomic E-state index is 0.0344. The first-order valence-corrected chi connectivity index (χ1v) is 11.0. The smallest absolute Gasteiger partial charge is 0.359 e. The molecule has 2 aromatic heterocycles. The number of rotatable bonds is 5. The number of amides is 1. The third kappa shape index (κ3) is 3.75. The van der Waals surface area contributed by atoms with Gasteiger partial charge in [0.2, 0.25) is 5.91 Å². The lowest BCUT2D eigenvalue weighted by atomic mass is 10.1. The molecule has 0 radical (unpaired) electrons. The van der Waals surface area contributed by atoms with Gasteiger partial charge in [-0.1, -0.05) is 30.5 Å². The van der Waals surface area contributed by atoms with E-state index in [4.69, 9.17) is 4.74 Å². The van der Waals surface area contributed by atoms with Crippen molar-refractivity contribution in [3.8, 4) is 5.69 Å². The summed E-state index contributed by atoms with van der Waals surface area (Å²) in [7, 11) is 0. The van der Waals surface area contributed by atoms with Crippen LogP contribution in [0, 0.1) is 12.8 Å². The Balaban J connectivity index is 1.86. The first kappa shape index (κ1) is 20.3. The van der Waals surface area contributed by atoms with Crippen molar-refractivity contribution >= 4 is 39.0 Å². The van der Waals surface area contributed by atoms with E-state index >= 15 is 0 Å². The van der Waals surface area contributed by atoms with Gasteiger partial charge in [-0.05, 0) is 38.8 Å². The number of esters is 1. The van der Waals surface area contributed by atoms with Gasteiger partial charge >= 0.3 is 5.97 Å². The molecule has 1 saturated carbocycles. The number of benzene rings is 1. The normalized spacial score (nSPS) is 14.2. The molecule has 0 atom stereocenters. The van der Waals surface area contributed by atoms with Crippen molar-refractivity contribution in [3.05, 3.63) is 51.3 Å². The molecule has 30 heavy (non-hydrogen) atoms. The molecule has 1 aliphatic rings. The second-order valence-electron chi connectivity index (χ2n) is 7.45. The van der Waals surface area contributed by atoms with Gasteiger partial charge in [0.25, 0.3) is 5.56 Å². The van der Waals surface area contributed by atoms with Gasteiger partial charge in [0.1, 0.15) is 5.00 Å². The molecule has 0 spiro atoms. The predicted molar refractivity (Wildman–Crippen MR) is 116 cm³/mol. The number of hydrogen-bond donors (Lipinski definition) is 1. The molecule has 1 aromatic carbocycles. The monoisotopic (exact) mass is 425 g/mol. The van der Waals surface area contributed by atoms with Gasteiger partial charge in [-0.25, -0.2) is 4.79 Å². The SMILES string of the molecule is CCOC(=O)c1nn(-c2ccc(C)cc2)c(=O)c2c(NC(=O)C3CCCC3)scc12. The topological polar surface area (TPSA) is 90.3 Å². The Morgan fingerprint density at radius 1 is 1.23 bits per heavy atom. The number of aryl methyl sites for hydroxylation is 1. The Bertz CT molecular complexity index is 1160. The minimum Gasteiger partial charge on any atom is -0.461 e. The Hall–Kier alpha value is -3.00. The summed E-state index contributed by atoms with van der Waals surface area (Å²) in [6, 6.07) is 7.28. The van der Waals surface area contributed by atoms with E-state index in [9.17, 15) is 14.4 Å². The number of aromatic nitrogens is 2. The Morgan fingerprint density at radius 2 is 1.93 bits per heavy atom. The average Bonchev–Trinajstić information content (AvgIpc) is 3.40. The number of carbonyl (C=O) groups excluding carboxylic acids is 2. The first-order chi connectivity index (χ1) is 14.5. The van der Waals surface area contributed by atoms with Crippen LogP contribution in [0.15, 0.2) is 34.4 Å². The number of fused-ring (bicyclic) bond motifs is 1. The van der Waals surface area contributed by atoms with Gasteiger partial charge in [0, 0.05) is 16.7 Å². The van der Waals surface area contributed by atoms with Crippen LogP contribution in [-0.4, -0.2) is 28.3 Å². The maximum atomic E-state index is 13.3. The lowest BCUT2D eigenvalue weighted by molar-refractivity contribution is -0.119. The summed E-state index contributed by atoms with van der Waals surface area (Å²) in [4.78, 5) is 38.6. The van der Waals surface area contributed by atoms with E-state index in [1.807, 2.05) is 19.1 Å². The Morgan fingerprint density at radius 3 is 2.60 bits per heavy atom. The largest absolute Gasteiger partial charge is 0.461 e. The van der Waals surface area contributed by atoms with Gasteiger partial charge < -0.3 is 10.1 Å².